The molecule has 0 unspecified atom stereocenters. The molecule has 22 nitrogen and oxygen atoms in total. The maximum atomic E-state index is 15.5. The molecule has 0 fully saturated rings. The number of esters is 2. The molecule has 0 aliphatic carbocycles. The van der Waals surface area contributed by atoms with Crippen molar-refractivity contribution >= 4 is 99.0 Å². The number of pyridine rings is 5. The molecule has 107 heavy (non-hydrogen) atoms. The number of ketones is 2. The Morgan fingerprint density at radius 1 is 0.467 bits per heavy atom. The summed E-state index contributed by atoms with van der Waals surface area (Å²) in [5.41, 5.74) is 4.59. The van der Waals surface area contributed by atoms with Crippen LogP contribution in [-0.4, -0.2) is 157 Å². The van der Waals surface area contributed by atoms with Crippen molar-refractivity contribution in [1.29, 1.82) is 0 Å². The Morgan fingerprint density at radius 2 is 0.785 bits per heavy atom. The molecule has 0 amide bonds. The van der Waals surface area contributed by atoms with Crippen LogP contribution in [0.25, 0.3) is 0 Å². The summed E-state index contributed by atoms with van der Waals surface area (Å²) in [6, 6.07) is 12.9. The van der Waals surface area contributed by atoms with Crippen LogP contribution in [-0.2, 0) is 77.7 Å². The number of Topliss-reactive ketones (excluding diaryl/α,β-unsaturated/α-hetero) is 2. The fourth-order valence-electron chi connectivity index (χ4n) is 13.6. The van der Waals surface area contributed by atoms with Crippen molar-refractivity contribution in [3.63, 3.8) is 0 Å². The topological polar surface area (TPSA) is 329 Å². The molecule has 0 saturated heterocycles. The Hall–Kier alpha value is -7.56. The van der Waals surface area contributed by atoms with Crippen molar-refractivity contribution in [2.24, 2.45) is 33.8 Å². The van der Waals surface area contributed by atoms with Gasteiger partial charge < -0.3 is 20.9 Å². The summed E-state index contributed by atoms with van der Waals surface area (Å²) < 4.78 is 195. The Morgan fingerprint density at radius 3 is 1.11 bits per heavy atom. The van der Waals surface area contributed by atoms with E-state index in [0.717, 1.165) is 18.2 Å². The highest BCUT2D eigenvalue weighted by Crippen LogP contribution is 2.54. The number of nitrogens with two attached hydrogens (primary N) is 2. The largest absolute Gasteiger partial charge is 0.460 e. The lowest BCUT2D eigenvalue weighted by Crippen LogP contribution is -2.62. The van der Waals surface area contributed by atoms with Crippen LogP contribution in [0, 0.1) is 17.5 Å². The average Bonchev–Trinajstić information content (AvgIpc) is 0.707. The summed E-state index contributed by atoms with van der Waals surface area (Å²) in [6.07, 6.45) is -1.13. The summed E-state index contributed by atoms with van der Waals surface area (Å²) in [4.78, 5) is 85.2. The van der Waals surface area contributed by atoms with E-state index in [4.69, 9.17) is 44.1 Å². The van der Waals surface area contributed by atoms with E-state index in [1.165, 1.54) is 103 Å². The molecule has 6 aliphatic heterocycles. The Balaban J connectivity index is 0.000000187. The van der Waals surface area contributed by atoms with Crippen molar-refractivity contribution in [2.45, 2.75) is 224 Å². The molecule has 0 bridgehead atoms. The monoisotopic (exact) mass is 1600 g/mol. The average molecular weight is 1600 g/mol. The third-order valence-electron chi connectivity index (χ3n) is 19.5. The number of nitrogens with zero attached hydrogens (tertiary/aromatic N) is 11. The standard InChI is InChI=1S/C28H32ClF3N4O4S.C22H23ClF3N5O2S.C21H29F3N4O3S/c1-25(2,3)40-23(38)12-21-26(4,5)41(39)22(13-28(31,32)15-34-41)27(6,36-21)24-18(30)9-8-17(35-24)11-20(37)19-10-7-16(29)14-33-19;1-20(2)19(27)31-21(3,17-9-22(25,26)11-29-34(17,20)33)18-14(24)6-5-13(30-18)8-16(32)15-7-4-12(23)10-28-15;1-18(2,3)31-16(29)9-13-19(4,5)32(30)14(10-21(23,24)11-26-32)20(6,28-13)17-12(22)7-8-15(25)27-17/h7-10,14,22H,11-13,15H2,1-6H3;4-7,10,17H,8-9,11H2,1-3H3,(H2,27,31);7-8,14H,9-11H2,1-6H3,(H2,25,27)/t22-,27+,41-;17-,21+,34-;14-,20+,32-/m111/s1. The van der Waals surface area contributed by atoms with Gasteiger partial charge in [-0.3, -0.25) is 54.1 Å². The zero-order valence-corrected chi connectivity index (χ0v) is 65.3. The van der Waals surface area contributed by atoms with E-state index >= 15 is 8.78 Å². The minimum absolute atomic E-state index is 0.0395. The highest BCUT2D eigenvalue weighted by molar-refractivity contribution is 7.97. The molecule has 6 aliphatic rings. The van der Waals surface area contributed by atoms with Crippen LogP contribution >= 0.6 is 23.2 Å². The summed E-state index contributed by atoms with van der Waals surface area (Å²) in [5.74, 6) is -14.6. The number of halogens is 11. The first-order valence-corrected chi connectivity index (χ1v) is 39.2. The van der Waals surface area contributed by atoms with E-state index in [0.29, 0.717) is 10.0 Å². The van der Waals surface area contributed by atoms with E-state index < -0.39 is 191 Å². The second-order valence-electron chi connectivity index (χ2n) is 31.1. The van der Waals surface area contributed by atoms with Crippen molar-refractivity contribution in [3.05, 3.63) is 140 Å². The number of anilines is 1. The number of alkyl halides is 6. The number of ether oxygens (including phenoxy) is 2. The highest BCUT2D eigenvalue weighted by Gasteiger charge is 2.64. The zero-order chi connectivity index (χ0) is 80.0. The SMILES string of the molecule is CC(C)(C)OC(=O)CC1=N[C@](C)(c2nc(CC(=O)c3ccc(Cl)cn3)ccc2F)[C@H]2CC(F)(F)CN=[S@]2(=O)C1(C)C.CC(C)(C)OC(=O)CC1=N[C@](C)(c2nc(N)ccc2F)[C@H]2CC(F)(F)CN=[S@]2(=O)C1(C)C.CC1(C)C(N)=N[C@](C)(c2nc(CC(=O)c3ccc(Cl)cn3)ccc2F)[C@H]2CC(F)(F)CN=[S@@]21=O. The van der Waals surface area contributed by atoms with Gasteiger partial charge in [-0.25, -0.2) is 70.2 Å². The van der Waals surface area contributed by atoms with Gasteiger partial charge in [-0.1, -0.05) is 23.2 Å². The minimum Gasteiger partial charge on any atom is -0.460 e. The third kappa shape index (κ3) is 16.5. The van der Waals surface area contributed by atoms with Crippen LogP contribution in [0.5, 0.6) is 0 Å². The number of aromatic nitrogens is 5. The summed E-state index contributed by atoms with van der Waals surface area (Å²) >= 11 is 11.6. The first kappa shape index (κ1) is 83.5. The third-order valence-corrected chi connectivity index (χ3v) is 30.8. The van der Waals surface area contributed by atoms with Crippen molar-refractivity contribution in [3.8, 4) is 0 Å². The molecule has 11 heterocycles. The molecule has 36 heteroatoms. The molecule has 5 aromatic heterocycles. The molecule has 5 aromatic rings. The zero-order valence-electron chi connectivity index (χ0n) is 61.4. The van der Waals surface area contributed by atoms with Gasteiger partial charge in [0, 0.05) is 54.5 Å². The lowest BCUT2D eigenvalue weighted by atomic mass is 9.87. The van der Waals surface area contributed by atoms with Gasteiger partial charge in [-0.15, -0.1) is 0 Å². The van der Waals surface area contributed by atoms with Gasteiger partial charge >= 0.3 is 11.9 Å². The Labute approximate surface area is 625 Å². The van der Waals surface area contributed by atoms with Crippen LogP contribution in [0.15, 0.2) is 101 Å². The van der Waals surface area contributed by atoms with Crippen molar-refractivity contribution < 1.29 is 80.8 Å². The van der Waals surface area contributed by atoms with E-state index in [1.807, 2.05) is 0 Å². The number of carbonyl (C=O) groups is 4. The van der Waals surface area contributed by atoms with Crippen LogP contribution < -0.4 is 11.5 Å². The fourth-order valence-corrected chi connectivity index (χ4v) is 23.6. The molecular weight excluding hydrogens is 1520 g/mol. The van der Waals surface area contributed by atoms with E-state index in [-0.39, 0.29) is 82.2 Å². The van der Waals surface area contributed by atoms with Gasteiger partial charge in [-0.2, -0.15) is 0 Å². The smallest absolute Gasteiger partial charge is 0.312 e. The van der Waals surface area contributed by atoms with E-state index in [1.54, 1.807) is 55.4 Å². The van der Waals surface area contributed by atoms with Crippen LogP contribution in [0.3, 0.4) is 0 Å². The van der Waals surface area contributed by atoms with Gasteiger partial charge in [-0.05, 0) is 165 Å². The first-order valence-electron chi connectivity index (χ1n) is 33.7. The number of fused-ring (bicyclic) bond motifs is 3. The lowest BCUT2D eigenvalue weighted by molar-refractivity contribution is -0.154. The molecular formula is C71H84Cl2F9N13O9S3. The van der Waals surface area contributed by atoms with Crippen molar-refractivity contribution in [2.75, 3.05) is 25.4 Å². The number of hydrogen-bond acceptors (Lipinski definition) is 22. The molecule has 0 saturated carbocycles. The quantitative estimate of drug-likeness (QED) is 0.0628. The number of amidine groups is 1. The number of rotatable bonds is 13. The number of hydrogen-bond donors (Lipinski definition) is 2. The molecule has 582 valence electrons. The van der Waals surface area contributed by atoms with Crippen molar-refractivity contribution in [1.82, 2.24) is 24.9 Å². The molecule has 0 spiro atoms. The lowest BCUT2D eigenvalue weighted by Gasteiger charge is -2.49. The van der Waals surface area contributed by atoms with Crippen LogP contribution in [0.2, 0.25) is 10.0 Å². The molecule has 4 N–H and O–H groups in total. The van der Waals surface area contributed by atoms with Gasteiger partial charge in [0.1, 0.15) is 110 Å². The molecule has 9 atom stereocenters. The summed E-state index contributed by atoms with van der Waals surface area (Å²) in [6.45, 7) is 20.7. The predicted molar refractivity (Wildman–Crippen MR) is 390 cm³/mol. The van der Waals surface area contributed by atoms with Gasteiger partial charge in [0.25, 0.3) is 17.8 Å². The number of carbonyl (C=O) groups excluding carboxylic acids is 4. The normalized spacial score (nSPS) is 29.0. The van der Waals surface area contributed by atoms with E-state index in [2.05, 4.69) is 53.0 Å². The summed E-state index contributed by atoms with van der Waals surface area (Å²) in [5, 5.41) is -3.44. The molecule has 11 rings (SSSR count). The van der Waals surface area contributed by atoms with Gasteiger partial charge in [0.2, 0.25) is 0 Å². The minimum atomic E-state index is -3.57. The van der Waals surface area contributed by atoms with Crippen LogP contribution in [0.1, 0.15) is 185 Å². The molecule has 0 aromatic carbocycles. The Kier molecular flexibility index (Phi) is 22.4. The molecule has 0 radical (unpaired) electrons. The number of aliphatic imine (C=N–C) groups is 3. The summed E-state index contributed by atoms with van der Waals surface area (Å²) in [7, 11) is -10.4. The second kappa shape index (κ2) is 28.7. The predicted octanol–water partition coefficient (Wildman–Crippen LogP) is 13.5. The maximum absolute atomic E-state index is 15.5. The Bertz CT molecular complexity index is 4930. The second-order valence-corrected chi connectivity index (χ2v) is 40.9. The maximum Gasteiger partial charge on any atom is 0.312 e. The van der Waals surface area contributed by atoms with Crippen LogP contribution in [0.4, 0.5) is 45.3 Å². The van der Waals surface area contributed by atoms with E-state index in [9.17, 15) is 62.5 Å². The van der Waals surface area contributed by atoms with Gasteiger partial charge in [0.05, 0.1) is 90.2 Å². The fraction of sp³-hybridized carbons (Fsp3) is 0.549. The highest BCUT2D eigenvalue weighted by atomic mass is 35.5. The van der Waals surface area contributed by atoms with Gasteiger partial charge in [0.15, 0.2) is 11.6 Å². The first-order chi connectivity index (χ1) is 48.9. The number of nitrogen functional groups attached to an aromatic ring is 1.